The quantitative estimate of drug-likeness (QED) is 0.595. The number of anilines is 1. The summed E-state index contributed by atoms with van der Waals surface area (Å²) in [5, 5.41) is 11.9. The van der Waals surface area contributed by atoms with E-state index in [1.807, 2.05) is 0 Å². The van der Waals surface area contributed by atoms with Crippen LogP contribution in [0.25, 0.3) is 0 Å². The first-order valence-electron chi connectivity index (χ1n) is 4.66. The lowest BCUT2D eigenvalue weighted by atomic mass is 10.2. The van der Waals surface area contributed by atoms with Gasteiger partial charge in [0, 0.05) is 18.9 Å². The van der Waals surface area contributed by atoms with Crippen molar-refractivity contribution in [3.63, 3.8) is 0 Å². The zero-order chi connectivity index (χ0) is 10.4. The summed E-state index contributed by atoms with van der Waals surface area (Å²) in [6.07, 6.45) is 4.26. The van der Waals surface area contributed by atoms with Gasteiger partial charge in [-0.2, -0.15) is 0 Å². The van der Waals surface area contributed by atoms with Gasteiger partial charge in [0.2, 0.25) is 0 Å². The number of nitrogens with zero attached hydrogens (tertiary/aromatic N) is 1. The van der Waals surface area contributed by atoms with Crippen LogP contribution in [0.4, 0.5) is 5.82 Å². The smallest absolute Gasteiger partial charge is 0.290 e. The number of rotatable bonds is 5. The third kappa shape index (κ3) is 3.57. The predicted molar refractivity (Wildman–Crippen MR) is 54.3 cm³/mol. The predicted octanol–water partition coefficient (Wildman–Crippen LogP) is 0.343. The molecule has 5 heteroatoms. The van der Waals surface area contributed by atoms with E-state index in [1.54, 1.807) is 6.92 Å². The van der Waals surface area contributed by atoms with Crippen molar-refractivity contribution < 1.29 is 5.11 Å². The molecule has 0 saturated carbocycles. The molecular weight excluding hydrogens is 182 g/mol. The summed E-state index contributed by atoms with van der Waals surface area (Å²) in [6, 6.07) is 0. The molecule has 5 nitrogen and oxygen atoms in total. The molecule has 1 rings (SSSR count). The van der Waals surface area contributed by atoms with Crippen molar-refractivity contribution in [2.75, 3.05) is 11.9 Å². The fourth-order valence-electron chi connectivity index (χ4n) is 1.08. The average Bonchev–Trinajstić information content (AvgIpc) is 2.15. The molecular formula is C9H15N3O2. The summed E-state index contributed by atoms with van der Waals surface area (Å²) in [5.74, 6) is 0.332. The maximum atomic E-state index is 11.1. The Balaban J connectivity index is 2.32. The van der Waals surface area contributed by atoms with Gasteiger partial charge in [0.15, 0.2) is 5.82 Å². The van der Waals surface area contributed by atoms with Crippen molar-refractivity contribution >= 4 is 5.82 Å². The third-order valence-corrected chi connectivity index (χ3v) is 1.80. The second-order valence-corrected chi connectivity index (χ2v) is 3.18. The number of H-pyrrole nitrogens is 1. The van der Waals surface area contributed by atoms with E-state index < -0.39 is 0 Å². The molecule has 0 bridgehead atoms. The van der Waals surface area contributed by atoms with Gasteiger partial charge in [-0.3, -0.25) is 4.79 Å². The first-order chi connectivity index (χ1) is 6.70. The summed E-state index contributed by atoms with van der Waals surface area (Å²) in [4.78, 5) is 17.5. The fourth-order valence-corrected chi connectivity index (χ4v) is 1.08. The van der Waals surface area contributed by atoms with Crippen LogP contribution < -0.4 is 10.9 Å². The van der Waals surface area contributed by atoms with Gasteiger partial charge in [0.1, 0.15) is 0 Å². The van der Waals surface area contributed by atoms with Gasteiger partial charge in [-0.25, -0.2) is 4.98 Å². The summed E-state index contributed by atoms with van der Waals surface area (Å²) in [6.45, 7) is 2.39. The highest BCUT2D eigenvalue weighted by atomic mass is 16.3. The molecule has 3 N–H and O–H groups in total. The van der Waals surface area contributed by atoms with Crippen LogP contribution in [-0.4, -0.2) is 27.7 Å². The van der Waals surface area contributed by atoms with E-state index in [9.17, 15) is 4.79 Å². The first kappa shape index (κ1) is 10.7. The topological polar surface area (TPSA) is 78.0 Å². The molecule has 0 fully saturated rings. The van der Waals surface area contributed by atoms with Crippen LogP contribution in [0.3, 0.4) is 0 Å². The minimum atomic E-state index is -0.293. The molecule has 1 atom stereocenters. The van der Waals surface area contributed by atoms with Gasteiger partial charge in [0.25, 0.3) is 5.56 Å². The molecule has 1 aromatic heterocycles. The van der Waals surface area contributed by atoms with E-state index in [0.29, 0.717) is 12.4 Å². The second-order valence-electron chi connectivity index (χ2n) is 3.18. The third-order valence-electron chi connectivity index (χ3n) is 1.80. The maximum Gasteiger partial charge on any atom is 0.290 e. The minimum absolute atomic E-state index is 0.218. The maximum absolute atomic E-state index is 11.1. The van der Waals surface area contributed by atoms with Crippen molar-refractivity contribution in [3.8, 4) is 0 Å². The minimum Gasteiger partial charge on any atom is -0.393 e. The average molecular weight is 197 g/mol. The highest BCUT2D eigenvalue weighted by Gasteiger charge is 1.99. The van der Waals surface area contributed by atoms with Crippen molar-refractivity contribution in [3.05, 3.63) is 22.7 Å². The van der Waals surface area contributed by atoms with E-state index in [0.717, 1.165) is 12.8 Å². The number of hydrogen-bond acceptors (Lipinski definition) is 4. The van der Waals surface area contributed by atoms with E-state index in [1.165, 1.54) is 12.4 Å². The Morgan fingerprint density at radius 1 is 1.71 bits per heavy atom. The highest BCUT2D eigenvalue weighted by molar-refractivity contribution is 5.29. The molecule has 0 amide bonds. The van der Waals surface area contributed by atoms with Crippen LogP contribution >= 0.6 is 0 Å². The molecule has 1 aromatic rings. The molecule has 14 heavy (non-hydrogen) atoms. The monoisotopic (exact) mass is 197 g/mol. The number of aromatic amines is 1. The highest BCUT2D eigenvalue weighted by Crippen LogP contribution is 1.96. The van der Waals surface area contributed by atoms with Crippen molar-refractivity contribution in [1.82, 2.24) is 9.97 Å². The lowest BCUT2D eigenvalue weighted by molar-refractivity contribution is 0.183. The standard InChI is InChI=1S/C9H15N3O2/c1-7(13)3-2-4-10-8-9(14)12-6-5-11-8/h5-7,13H,2-4H2,1H3,(H,10,11)(H,12,14). The molecule has 78 valence electrons. The molecule has 1 heterocycles. The molecule has 0 aliphatic carbocycles. The van der Waals surface area contributed by atoms with Gasteiger partial charge in [-0.05, 0) is 19.8 Å². The first-order valence-corrected chi connectivity index (χ1v) is 4.66. The van der Waals surface area contributed by atoms with Gasteiger partial charge in [-0.15, -0.1) is 0 Å². The van der Waals surface area contributed by atoms with Crippen LogP contribution in [0, 0.1) is 0 Å². The second kappa shape index (κ2) is 5.39. The van der Waals surface area contributed by atoms with Gasteiger partial charge in [-0.1, -0.05) is 0 Å². The Kier molecular flexibility index (Phi) is 4.12. The zero-order valence-electron chi connectivity index (χ0n) is 8.16. The lowest BCUT2D eigenvalue weighted by Gasteiger charge is -2.05. The van der Waals surface area contributed by atoms with Crippen molar-refractivity contribution in [1.29, 1.82) is 0 Å². The Bertz CT molecular complexity index is 322. The van der Waals surface area contributed by atoms with Crippen LogP contribution in [-0.2, 0) is 0 Å². The Labute approximate surface area is 82.2 Å². The summed E-state index contributed by atoms with van der Waals surface area (Å²) < 4.78 is 0. The van der Waals surface area contributed by atoms with Gasteiger partial charge < -0.3 is 15.4 Å². The molecule has 0 aliphatic heterocycles. The van der Waals surface area contributed by atoms with Crippen molar-refractivity contribution in [2.24, 2.45) is 0 Å². The van der Waals surface area contributed by atoms with Gasteiger partial charge in [0.05, 0.1) is 6.10 Å². The normalized spacial score (nSPS) is 12.4. The number of hydrogen-bond donors (Lipinski definition) is 3. The van der Waals surface area contributed by atoms with Crippen LogP contribution in [0.2, 0.25) is 0 Å². The molecule has 0 spiro atoms. The summed E-state index contributed by atoms with van der Waals surface area (Å²) >= 11 is 0. The van der Waals surface area contributed by atoms with E-state index in [2.05, 4.69) is 15.3 Å². The fraction of sp³-hybridized carbons (Fsp3) is 0.556. The number of aromatic nitrogens is 2. The van der Waals surface area contributed by atoms with E-state index in [-0.39, 0.29) is 11.7 Å². The molecule has 0 saturated heterocycles. The van der Waals surface area contributed by atoms with Crippen molar-refractivity contribution in [2.45, 2.75) is 25.9 Å². The zero-order valence-corrected chi connectivity index (χ0v) is 8.16. The number of nitrogens with one attached hydrogen (secondary N) is 2. The SMILES string of the molecule is CC(O)CCCNc1ncc[nH]c1=O. The Morgan fingerprint density at radius 3 is 3.14 bits per heavy atom. The van der Waals surface area contributed by atoms with Crippen LogP contribution in [0.5, 0.6) is 0 Å². The van der Waals surface area contributed by atoms with Crippen LogP contribution in [0.15, 0.2) is 17.2 Å². The largest absolute Gasteiger partial charge is 0.393 e. The molecule has 0 aromatic carbocycles. The Morgan fingerprint density at radius 2 is 2.50 bits per heavy atom. The number of aliphatic hydroxyl groups excluding tert-OH is 1. The van der Waals surface area contributed by atoms with E-state index in [4.69, 9.17) is 5.11 Å². The molecule has 0 radical (unpaired) electrons. The molecule has 0 aliphatic rings. The summed E-state index contributed by atoms with van der Waals surface area (Å²) in [5.41, 5.74) is -0.218. The summed E-state index contributed by atoms with van der Waals surface area (Å²) in [7, 11) is 0. The Hall–Kier alpha value is -1.36. The van der Waals surface area contributed by atoms with Gasteiger partial charge >= 0.3 is 0 Å². The number of aliphatic hydroxyl groups is 1. The van der Waals surface area contributed by atoms with E-state index >= 15 is 0 Å². The molecule has 1 unspecified atom stereocenters. The lowest BCUT2D eigenvalue weighted by Crippen LogP contribution is -2.16. The van der Waals surface area contributed by atoms with Crippen LogP contribution in [0.1, 0.15) is 19.8 Å².